The second-order valence-corrected chi connectivity index (χ2v) is 6.09. The highest BCUT2D eigenvalue weighted by atomic mass is 19.4. The Morgan fingerprint density at radius 1 is 0.958 bits per heavy atom. The van der Waals surface area contributed by atoms with Gasteiger partial charge in [0.25, 0.3) is 0 Å². The lowest BCUT2D eigenvalue weighted by atomic mass is 9.87. The number of ether oxygens (including phenoxy) is 1. The van der Waals surface area contributed by atoms with E-state index >= 15 is 0 Å². The minimum atomic E-state index is -4.34. The van der Waals surface area contributed by atoms with Gasteiger partial charge in [-0.05, 0) is 72.8 Å². The smallest absolute Gasteiger partial charge is 0.416 e. The molecule has 0 bridgehead atoms. The molecule has 0 aromatic heterocycles. The fourth-order valence-electron chi connectivity index (χ4n) is 3.16. The first-order valence-corrected chi connectivity index (χ1v) is 8.05. The van der Waals surface area contributed by atoms with Crippen LogP contribution in [0.1, 0.15) is 29.9 Å². The van der Waals surface area contributed by atoms with E-state index in [4.69, 9.17) is 4.74 Å². The Morgan fingerprint density at radius 3 is 2.21 bits per heavy atom. The zero-order valence-electron chi connectivity index (χ0n) is 13.5. The van der Waals surface area contributed by atoms with Crippen LogP contribution in [0.15, 0.2) is 42.5 Å². The summed E-state index contributed by atoms with van der Waals surface area (Å²) in [4.78, 5) is 0. The molecule has 1 N–H and O–H groups in total. The standard InChI is InChI=1S/C19H20F3NO/c1-24-18-4-2-13(3-5-18)15-10-16(14-6-8-23-9-7-14)12-17(11-15)19(20,21)22/h2-5,10-12,14,23H,6-9H2,1H3. The molecule has 0 unspecified atom stereocenters. The van der Waals surface area contributed by atoms with Crippen molar-refractivity contribution < 1.29 is 17.9 Å². The molecule has 0 atom stereocenters. The van der Waals surface area contributed by atoms with Gasteiger partial charge in [0.2, 0.25) is 0 Å². The van der Waals surface area contributed by atoms with E-state index in [0.29, 0.717) is 11.3 Å². The highest BCUT2D eigenvalue weighted by molar-refractivity contribution is 5.66. The van der Waals surface area contributed by atoms with Crippen molar-refractivity contribution in [3.05, 3.63) is 53.6 Å². The van der Waals surface area contributed by atoms with E-state index in [1.54, 1.807) is 31.4 Å². The fraction of sp³-hybridized carbons (Fsp3) is 0.368. The van der Waals surface area contributed by atoms with Gasteiger partial charge in [-0.1, -0.05) is 18.2 Å². The molecule has 5 heteroatoms. The lowest BCUT2D eigenvalue weighted by Crippen LogP contribution is -2.26. The Hall–Kier alpha value is -2.01. The SMILES string of the molecule is COc1ccc(-c2cc(C3CCNCC3)cc(C(F)(F)F)c2)cc1. The number of piperidine rings is 1. The molecular formula is C19H20F3NO. The fourth-order valence-corrected chi connectivity index (χ4v) is 3.16. The first kappa shape index (κ1) is 16.8. The van der Waals surface area contributed by atoms with Gasteiger partial charge < -0.3 is 10.1 Å². The summed E-state index contributed by atoms with van der Waals surface area (Å²) in [5.41, 5.74) is 1.56. The number of halogens is 3. The third kappa shape index (κ3) is 3.73. The number of methoxy groups -OCH3 is 1. The topological polar surface area (TPSA) is 21.3 Å². The van der Waals surface area contributed by atoms with Gasteiger partial charge in [-0.2, -0.15) is 13.2 Å². The Balaban J connectivity index is 2.03. The minimum absolute atomic E-state index is 0.172. The highest BCUT2D eigenvalue weighted by Crippen LogP contribution is 2.37. The van der Waals surface area contributed by atoms with Crippen LogP contribution in [0.2, 0.25) is 0 Å². The molecule has 0 amide bonds. The summed E-state index contributed by atoms with van der Waals surface area (Å²) < 4.78 is 45.1. The molecule has 0 radical (unpaired) electrons. The lowest BCUT2D eigenvalue weighted by Gasteiger charge is -2.24. The van der Waals surface area contributed by atoms with Crippen LogP contribution in [-0.2, 0) is 6.18 Å². The van der Waals surface area contributed by atoms with Crippen LogP contribution < -0.4 is 10.1 Å². The number of alkyl halides is 3. The van der Waals surface area contributed by atoms with Crippen LogP contribution in [-0.4, -0.2) is 20.2 Å². The van der Waals surface area contributed by atoms with Crippen molar-refractivity contribution in [2.45, 2.75) is 24.9 Å². The molecule has 0 saturated carbocycles. The van der Waals surface area contributed by atoms with Crippen LogP contribution in [0.5, 0.6) is 5.75 Å². The largest absolute Gasteiger partial charge is 0.497 e. The summed E-state index contributed by atoms with van der Waals surface area (Å²) in [7, 11) is 1.56. The van der Waals surface area contributed by atoms with Crippen molar-refractivity contribution in [3.8, 4) is 16.9 Å². The van der Waals surface area contributed by atoms with E-state index in [1.165, 1.54) is 12.1 Å². The zero-order valence-corrected chi connectivity index (χ0v) is 13.5. The average Bonchev–Trinajstić information content (AvgIpc) is 2.61. The summed E-state index contributed by atoms with van der Waals surface area (Å²) in [5.74, 6) is 0.856. The Morgan fingerprint density at radius 2 is 1.62 bits per heavy atom. The van der Waals surface area contributed by atoms with E-state index in [9.17, 15) is 13.2 Å². The van der Waals surface area contributed by atoms with E-state index in [2.05, 4.69) is 5.32 Å². The van der Waals surface area contributed by atoms with Gasteiger partial charge in [-0.15, -0.1) is 0 Å². The molecular weight excluding hydrogens is 315 g/mol. The average molecular weight is 335 g/mol. The van der Waals surface area contributed by atoms with Crippen LogP contribution >= 0.6 is 0 Å². The van der Waals surface area contributed by atoms with E-state index in [-0.39, 0.29) is 5.92 Å². The highest BCUT2D eigenvalue weighted by Gasteiger charge is 2.32. The van der Waals surface area contributed by atoms with Gasteiger partial charge in [-0.25, -0.2) is 0 Å². The predicted molar refractivity (Wildman–Crippen MR) is 88.3 cm³/mol. The molecule has 1 saturated heterocycles. The number of benzene rings is 2. The van der Waals surface area contributed by atoms with Crippen molar-refractivity contribution in [2.75, 3.05) is 20.2 Å². The van der Waals surface area contributed by atoms with Crippen molar-refractivity contribution in [1.29, 1.82) is 0 Å². The Kier molecular flexibility index (Phi) is 4.81. The molecule has 3 rings (SSSR count). The summed E-state index contributed by atoms with van der Waals surface area (Å²) in [6.45, 7) is 1.69. The summed E-state index contributed by atoms with van der Waals surface area (Å²) in [6, 6.07) is 11.5. The molecule has 2 nitrogen and oxygen atoms in total. The Labute approximate surface area is 139 Å². The second kappa shape index (κ2) is 6.85. The van der Waals surface area contributed by atoms with Crippen LogP contribution in [0.25, 0.3) is 11.1 Å². The maximum absolute atomic E-state index is 13.3. The molecule has 0 spiro atoms. The molecule has 2 aromatic carbocycles. The van der Waals surface area contributed by atoms with Gasteiger partial charge >= 0.3 is 6.18 Å². The van der Waals surface area contributed by atoms with Gasteiger partial charge in [0.15, 0.2) is 0 Å². The third-order valence-corrected chi connectivity index (χ3v) is 4.52. The van der Waals surface area contributed by atoms with E-state index in [1.807, 2.05) is 6.07 Å². The van der Waals surface area contributed by atoms with Crippen molar-refractivity contribution >= 4 is 0 Å². The van der Waals surface area contributed by atoms with E-state index in [0.717, 1.165) is 37.1 Å². The predicted octanol–water partition coefficient (Wildman–Crippen LogP) is 4.85. The summed E-state index contributed by atoms with van der Waals surface area (Å²) >= 11 is 0. The quantitative estimate of drug-likeness (QED) is 0.866. The first-order valence-electron chi connectivity index (χ1n) is 8.05. The molecule has 1 aliphatic heterocycles. The molecule has 0 aliphatic carbocycles. The lowest BCUT2D eigenvalue weighted by molar-refractivity contribution is -0.137. The van der Waals surface area contributed by atoms with Gasteiger partial charge in [0.05, 0.1) is 12.7 Å². The molecule has 2 aromatic rings. The van der Waals surface area contributed by atoms with Crippen molar-refractivity contribution in [1.82, 2.24) is 5.32 Å². The second-order valence-electron chi connectivity index (χ2n) is 6.09. The van der Waals surface area contributed by atoms with Crippen molar-refractivity contribution in [3.63, 3.8) is 0 Å². The van der Waals surface area contributed by atoms with Gasteiger partial charge in [0, 0.05) is 0 Å². The van der Waals surface area contributed by atoms with Crippen molar-refractivity contribution in [2.24, 2.45) is 0 Å². The monoisotopic (exact) mass is 335 g/mol. The Bertz CT molecular complexity index is 689. The number of hydrogen-bond acceptors (Lipinski definition) is 2. The molecule has 128 valence electrons. The molecule has 1 heterocycles. The van der Waals surface area contributed by atoms with Gasteiger partial charge in [0.1, 0.15) is 5.75 Å². The number of rotatable bonds is 3. The number of nitrogens with one attached hydrogen (secondary N) is 1. The minimum Gasteiger partial charge on any atom is -0.497 e. The van der Waals surface area contributed by atoms with Gasteiger partial charge in [-0.3, -0.25) is 0 Å². The van der Waals surface area contributed by atoms with E-state index < -0.39 is 11.7 Å². The van der Waals surface area contributed by atoms with Crippen LogP contribution in [0.3, 0.4) is 0 Å². The molecule has 1 fully saturated rings. The van der Waals surface area contributed by atoms with Crippen LogP contribution in [0.4, 0.5) is 13.2 Å². The van der Waals surface area contributed by atoms with Crippen LogP contribution in [0, 0.1) is 0 Å². The summed E-state index contributed by atoms with van der Waals surface area (Å²) in [5, 5.41) is 3.25. The number of hydrogen-bond donors (Lipinski definition) is 1. The maximum atomic E-state index is 13.3. The molecule has 1 aliphatic rings. The normalized spacial score (nSPS) is 16.2. The summed E-state index contributed by atoms with van der Waals surface area (Å²) in [6.07, 6.45) is -2.61. The zero-order chi connectivity index (χ0) is 17.2. The first-order chi connectivity index (χ1) is 11.5. The maximum Gasteiger partial charge on any atom is 0.416 e. The molecule has 24 heavy (non-hydrogen) atoms. The third-order valence-electron chi connectivity index (χ3n) is 4.52.